The van der Waals surface area contributed by atoms with Crippen molar-refractivity contribution in [1.29, 1.82) is 0 Å². The van der Waals surface area contributed by atoms with Gasteiger partial charge in [0.05, 0.1) is 13.2 Å². The number of nitrogens with two attached hydrogens (primary N) is 1. The number of rotatable bonds is 33. The summed E-state index contributed by atoms with van der Waals surface area (Å²) in [7, 11) is -4.37. The van der Waals surface area contributed by atoms with Crippen LogP contribution >= 0.6 is 7.82 Å². The van der Waals surface area contributed by atoms with Gasteiger partial charge in [-0.2, -0.15) is 0 Å². The molecule has 0 radical (unpaired) electrons. The first-order chi connectivity index (χ1) is 21.8. The van der Waals surface area contributed by atoms with Gasteiger partial charge in [-0.1, -0.05) is 122 Å². The molecule has 1 unspecified atom stereocenters. The van der Waals surface area contributed by atoms with Gasteiger partial charge in [0.15, 0.2) is 6.10 Å². The molecule has 0 aromatic rings. The van der Waals surface area contributed by atoms with Crippen molar-refractivity contribution in [3.8, 4) is 0 Å². The lowest BCUT2D eigenvalue weighted by molar-refractivity contribution is -0.161. The third-order valence-electron chi connectivity index (χ3n) is 7.34. The summed E-state index contributed by atoms with van der Waals surface area (Å²) in [6.07, 6.45) is 30.8. The molecule has 0 spiro atoms. The third kappa shape index (κ3) is 32.2. The fraction of sp³-hybridized carbons (Fsp3) is 0.829. The van der Waals surface area contributed by atoms with Crippen LogP contribution in [0.2, 0.25) is 0 Å². The van der Waals surface area contributed by atoms with Gasteiger partial charge in [0.25, 0.3) is 0 Å². The second kappa shape index (κ2) is 32.4. The number of carbonyl (C=O) groups excluding carboxylic acids is 2. The second-order valence-electron chi connectivity index (χ2n) is 11.7. The molecule has 0 amide bonds. The summed E-state index contributed by atoms with van der Waals surface area (Å²) in [5, 5.41) is 0. The van der Waals surface area contributed by atoms with Gasteiger partial charge in [-0.15, -0.1) is 0 Å². The number of ether oxygens (including phenoxy) is 2. The highest BCUT2D eigenvalue weighted by atomic mass is 31.2. The first-order valence-electron chi connectivity index (χ1n) is 17.8. The van der Waals surface area contributed by atoms with Crippen LogP contribution in [0.25, 0.3) is 0 Å². The third-order valence-corrected chi connectivity index (χ3v) is 8.32. The summed E-state index contributed by atoms with van der Waals surface area (Å²) >= 11 is 0. The molecule has 0 saturated heterocycles. The smallest absolute Gasteiger partial charge is 0.462 e. The van der Waals surface area contributed by atoms with Crippen molar-refractivity contribution in [1.82, 2.24) is 0 Å². The van der Waals surface area contributed by atoms with Gasteiger partial charge in [-0.3, -0.25) is 18.6 Å². The molecule has 45 heavy (non-hydrogen) atoms. The van der Waals surface area contributed by atoms with Crippen molar-refractivity contribution in [2.45, 2.75) is 161 Å². The minimum atomic E-state index is -4.37. The fourth-order valence-electron chi connectivity index (χ4n) is 4.66. The minimum Gasteiger partial charge on any atom is -0.462 e. The molecule has 0 aromatic heterocycles. The summed E-state index contributed by atoms with van der Waals surface area (Å²) in [5.74, 6) is -0.870. The molecule has 0 aliphatic carbocycles. The molecular formula is C35H66NO8P. The fourth-order valence-corrected chi connectivity index (χ4v) is 5.43. The Morgan fingerprint density at radius 1 is 0.667 bits per heavy atom. The van der Waals surface area contributed by atoms with Crippen molar-refractivity contribution in [3.05, 3.63) is 24.3 Å². The molecule has 0 saturated carbocycles. The maximum absolute atomic E-state index is 12.5. The van der Waals surface area contributed by atoms with Crippen LogP contribution in [-0.4, -0.2) is 49.3 Å². The summed E-state index contributed by atoms with van der Waals surface area (Å²) in [6, 6.07) is 0. The van der Waals surface area contributed by atoms with Crippen LogP contribution in [0.3, 0.4) is 0 Å². The van der Waals surface area contributed by atoms with Gasteiger partial charge in [-0.05, 0) is 44.9 Å². The van der Waals surface area contributed by atoms with Crippen LogP contribution < -0.4 is 5.73 Å². The van der Waals surface area contributed by atoms with Gasteiger partial charge in [-0.25, -0.2) is 4.57 Å². The zero-order chi connectivity index (χ0) is 33.3. The van der Waals surface area contributed by atoms with E-state index in [9.17, 15) is 19.0 Å². The van der Waals surface area contributed by atoms with Crippen molar-refractivity contribution >= 4 is 19.8 Å². The second-order valence-corrected chi connectivity index (χ2v) is 13.2. The molecule has 2 atom stereocenters. The Labute approximate surface area is 274 Å². The van der Waals surface area contributed by atoms with E-state index in [1.54, 1.807) is 0 Å². The van der Waals surface area contributed by atoms with Crippen molar-refractivity contribution in [2.24, 2.45) is 5.73 Å². The lowest BCUT2D eigenvalue weighted by Crippen LogP contribution is -2.29. The number of phosphoric ester groups is 1. The Kier molecular flexibility index (Phi) is 31.3. The van der Waals surface area contributed by atoms with E-state index in [0.29, 0.717) is 6.42 Å². The number of hydrogen-bond acceptors (Lipinski definition) is 8. The van der Waals surface area contributed by atoms with Gasteiger partial charge in [0.1, 0.15) is 6.61 Å². The van der Waals surface area contributed by atoms with Crippen LogP contribution in [0.1, 0.15) is 155 Å². The zero-order valence-corrected chi connectivity index (χ0v) is 29.5. The highest BCUT2D eigenvalue weighted by Crippen LogP contribution is 2.43. The van der Waals surface area contributed by atoms with E-state index in [1.165, 1.54) is 77.0 Å². The molecule has 0 rings (SSSR count). The molecule has 264 valence electrons. The van der Waals surface area contributed by atoms with E-state index in [0.717, 1.165) is 44.9 Å². The number of carbonyl (C=O) groups is 2. The van der Waals surface area contributed by atoms with E-state index >= 15 is 0 Å². The van der Waals surface area contributed by atoms with E-state index in [1.807, 2.05) is 0 Å². The van der Waals surface area contributed by atoms with E-state index < -0.39 is 32.5 Å². The highest BCUT2D eigenvalue weighted by Gasteiger charge is 2.25. The summed E-state index contributed by atoms with van der Waals surface area (Å²) in [4.78, 5) is 34.5. The predicted octanol–water partition coefficient (Wildman–Crippen LogP) is 9.27. The number of phosphoric acid groups is 1. The van der Waals surface area contributed by atoms with E-state index in [2.05, 4.69) is 38.2 Å². The highest BCUT2D eigenvalue weighted by molar-refractivity contribution is 7.47. The van der Waals surface area contributed by atoms with Gasteiger partial charge in [0, 0.05) is 19.4 Å². The molecule has 9 nitrogen and oxygen atoms in total. The van der Waals surface area contributed by atoms with Crippen LogP contribution in [0, 0.1) is 0 Å². The van der Waals surface area contributed by atoms with Gasteiger partial charge < -0.3 is 20.1 Å². The Bertz CT molecular complexity index is 805. The number of allylic oxidation sites excluding steroid dienone is 4. The van der Waals surface area contributed by atoms with Crippen LogP contribution in [-0.2, 0) is 32.7 Å². The Morgan fingerprint density at radius 2 is 1.16 bits per heavy atom. The quantitative estimate of drug-likeness (QED) is 0.0306. The Hall–Kier alpha value is -1.51. The van der Waals surface area contributed by atoms with Crippen LogP contribution in [0.15, 0.2) is 24.3 Å². The first kappa shape index (κ1) is 43.5. The van der Waals surface area contributed by atoms with Crippen molar-refractivity contribution in [2.75, 3.05) is 26.4 Å². The molecule has 0 fully saturated rings. The predicted molar refractivity (Wildman–Crippen MR) is 183 cm³/mol. The monoisotopic (exact) mass is 659 g/mol. The largest absolute Gasteiger partial charge is 0.472 e. The maximum Gasteiger partial charge on any atom is 0.472 e. The van der Waals surface area contributed by atoms with Crippen molar-refractivity contribution < 1.29 is 37.6 Å². The topological polar surface area (TPSA) is 134 Å². The molecule has 0 bridgehead atoms. The summed E-state index contributed by atoms with van der Waals surface area (Å²) < 4.78 is 32.5. The van der Waals surface area contributed by atoms with Crippen molar-refractivity contribution in [3.63, 3.8) is 0 Å². The van der Waals surface area contributed by atoms with Gasteiger partial charge in [0.2, 0.25) is 0 Å². The number of hydrogen-bond donors (Lipinski definition) is 2. The standard InChI is InChI=1S/C35H66NO8P/c1-3-5-7-9-11-13-14-15-16-17-18-20-22-24-26-28-35(38)44-33(32-43-45(39,40)42-30-29-36)31-41-34(37)27-25-23-21-19-12-10-8-6-4-2/h15-16,18,20,33H,3-14,17,19,21-32,36H2,1-2H3,(H,39,40)/b16-15+,20-18+/t33-/m1/s1. The molecule has 10 heteroatoms. The minimum absolute atomic E-state index is 0.0495. The molecular weight excluding hydrogens is 593 g/mol. The summed E-state index contributed by atoms with van der Waals surface area (Å²) in [5.41, 5.74) is 5.31. The molecule has 0 aliphatic heterocycles. The Morgan fingerprint density at radius 3 is 1.73 bits per heavy atom. The first-order valence-corrected chi connectivity index (χ1v) is 19.3. The number of esters is 2. The van der Waals surface area contributed by atoms with Crippen LogP contribution in [0.4, 0.5) is 0 Å². The maximum atomic E-state index is 12.5. The summed E-state index contributed by atoms with van der Waals surface area (Å²) in [6.45, 7) is 3.64. The SMILES string of the molecule is CCCCCCCC/C=C/C/C=C/CCCCC(=O)O[C@H](COC(=O)CCCCCCCCCCC)COP(=O)(O)OCCN. The lowest BCUT2D eigenvalue weighted by Gasteiger charge is -2.19. The van der Waals surface area contributed by atoms with Crippen LogP contribution in [0.5, 0.6) is 0 Å². The molecule has 0 aliphatic rings. The number of unbranched alkanes of at least 4 members (excludes halogenated alkanes) is 16. The van der Waals surface area contributed by atoms with Gasteiger partial charge >= 0.3 is 19.8 Å². The molecule has 0 heterocycles. The van der Waals surface area contributed by atoms with E-state index in [4.69, 9.17) is 24.3 Å². The lowest BCUT2D eigenvalue weighted by atomic mass is 10.1. The average molecular weight is 660 g/mol. The average Bonchev–Trinajstić information content (AvgIpc) is 3.02. The molecule has 3 N–H and O–H groups in total. The zero-order valence-electron chi connectivity index (χ0n) is 28.6. The Balaban J connectivity index is 4.31. The van der Waals surface area contributed by atoms with E-state index in [-0.39, 0.29) is 32.6 Å². The molecule has 0 aromatic carbocycles. The normalized spacial score (nSPS) is 13.8.